The van der Waals surface area contributed by atoms with Crippen LogP contribution in [0.15, 0.2) is 29.3 Å². The largest absolute Gasteiger partial charge is 0.492 e. The van der Waals surface area contributed by atoms with Crippen molar-refractivity contribution in [3.05, 3.63) is 29.8 Å². The number of benzene rings is 1. The van der Waals surface area contributed by atoms with E-state index < -0.39 is 0 Å². The monoisotopic (exact) mass is 573 g/mol. The number of morpholine rings is 1. The van der Waals surface area contributed by atoms with Crippen molar-refractivity contribution in [1.82, 2.24) is 20.4 Å². The molecule has 2 heterocycles. The number of likely N-dealkylation sites (tertiary alicyclic amines) is 1. The van der Waals surface area contributed by atoms with Crippen LogP contribution in [0.2, 0.25) is 0 Å². The molecule has 0 atom stereocenters. The molecule has 33 heavy (non-hydrogen) atoms. The van der Waals surface area contributed by atoms with Gasteiger partial charge in [0.1, 0.15) is 12.4 Å². The molecule has 8 nitrogen and oxygen atoms in total. The lowest BCUT2D eigenvalue weighted by Crippen LogP contribution is -2.46. The number of amides is 1. The van der Waals surface area contributed by atoms with E-state index >= 15 is 0 Å². The first kappa shape index (κ1) is 27.7. The molecule has 2 aliphatic heterocycles. The van der Waals surface area contributed by atoms with Crippen LogP contribution in [-0.4, -0.2) is 87.8 Å². The van der Waals surface area contributed by atoms with Gasteiger partial charge in [-0.1, -0.05) is 18.2 Å². The number of carbonyl (C=O) groups excluding carboxylic acids is 1. The molecule has 1 aromatic rings. The van der Waals surface area contributed by atoms with E-state index in [9.17, 15) is 4.79 Å². The summed E-state index contributed by atoms with van der Waals surface area (Å²) < 4.78 is 11.5. The highest BCUT2D eigenvalue weighted by Gasteiger charge is 2.23. The first-order valence-corrected chi connectivity index (χ1v) is 11.9. The molecule has 0 bridgehead atoms. The molecule has 0 aromatic heterocycles. The second kappa shape index (κ2) is 15.3. The standard InChI is InChI=1S/C24H39N5O3.HI/c1-3-26-24(29-10-8-20(9-11-29)18-23(30)25-2)27-19-21-6-4-5-7-22(21)32-17-14-28-12-15-31-16-13-28;/h4-7,20H,3,8-19H2,1-2H3,(H,25,30)(H,26,27);1H. The summed E-state index contributed by atoms with van der Waals surface area (Å²) in [4.78, 5) is 21.3. The van der Waals surface area contributed by atoms with Crippen LogP contribution in [0.1, 0.15) is 31.7 Å². The van der Waals surface area contributed by atoms with E-state index in [2.05, 4.69) is 33.4 Å². The quantitative estimate of drug-likeness (QED) is 0.269. The number of hydrogen-bond donors (Lipinski definition) is 2. The molecule has 0 spiro atoms. The van der Waals surface area contributed by atoms with Crippen LogP contribution >= 0.6 is 24.0 Å². The van der Waals surface area contributed by atoms with Crippen LogP contribution < -0.4 is 15.4 Å². The minimum absolute atomic E-state index is 0. The number of ether oxygens (including phenoxy) is 2. The number of halogens is 1. The Morgan fingerprint density at radius 2 is 1.91 bits per heavy atom. The Labute approximate surface area is 215 Å². The fourth-order valence-corrected chi connectivity index (χ4v) is 4.18. The molecule has 1 amide bonds. The number of carbonyl (C=O) groups is 1. The van der Waals surface area contributed by atoms with Gasteiger partial charge in [-0.2, -0.15) is 0 Å². The van der Waals surface area contributed by atoms with Gasteiger partial charge in [0, 0.05) is 58.3 Å². The molecular weight excluding hydrogens is 533 g/mol. The molecule has 1 aromatic carbocycles. The molecule has 9 heteroatoms. The fraction of sp³-hybridized carbons (Fsp3) is 0.667. The Kier molecular flexibility index (Phi) is 12.9. The predicted molar refractivity (Wildman–Crippen MR) is 142 cm³/mol. The highest BCUT2D eigenvalue weighted by Crippen LogP contribution is 2.22. The average molecular weight is 574 g/mol. The molecule has 2 N–H and O–H groups in total. The number of rotatable bonds is 9. The van der Waals surface area contributed by atoms with Crippen molar-refractivity contribution >= 4 is 35.8 Å². The Morgan fingerprint density at radius 1 is 1.18 bits per heavy atom. The van der Waals surface area contributed by atoms with E-state index in [1.54, 1.807) is 7.05 Å². The number of piperidine rings is 1. The van der Waals surface area contributed by atoms with Crippen molar-refractivity contribution in [3.63, 3.8) is 0 Å². The van der Waals surface area contributed by atoms with Gasteiger partial charge in [0.25, 0.3) is 0 Å². The third-order valence-corrected chi connectivity index (χ3v) is 6.14. The molecule has 2 aliphatic rings. The molecule has 3 rings (SSSR count). The van der Waals surface area contributed by atoms with Gasteiger partial charge < -0.3 is 25.0 Å². The highest BCUT2D eigenvalue weighted by molar-refractivity contribution is 14.0. The lowest BCUT2D eigenvalue weighted by molar-refractivity contribution is -0.121. The summed E-state index contributed by atoms with van der Waals surface area (Å²) in [6, 6.07) is 8.17. The smallest absolute Gasteiger partial charge is 0.220 e. The molecule has 0 saturated carbocycles. The van der Waals surface area contributed by atoms with Crippen molar-refractivity contribution in [1.29, 1.82) is 0 Å². The SMILES string of the molecule is CCNC(=NCc1ccccc1OCCN1CCOCC1)N1CCC(CC(=O)NC)CC1.I. The average Bonchev–Trinajstić information content (AvgIpc) is 2.83. The van der Waals surface area contributed by atoms with Gasteiger partial charge in [-0.15, -0.1) is 24.0 Å². The Hall–Kier alpha value is -1.59. The summed E-state index contributed by atoms with van der Waals surface area (Å²) in [5.74, 6) is 2.43. The Morgan fingerprint density at radius 3 is 2.61 bits per heavy atom. The van der Waals surface area contributed by atoms with E-state index in [4.69, 9.17) is 14.5 Å². The summed E-state index contributed by atoms with van der Waals surface area (Å²) in [7, 11) is 1.71. The molecule has 186 valence electrons. The van der Waals surface area contributed by atoms with Crippen LogP contribution in [0, 0.1) is 5.92 Å². The highest BCUT2D eigenvalue weighted by atomic mass is 127. The van der Waals surface area contributed by atoms with E-state index in [0.29, 0.717) is 25.5 Å². The first-order valence-electron chi connectivity index (χ1n) is 11.9. The van der Waals surface area contributed by atoms with Crippen LogP contribution in [-0.2, 0) is 16.1 Å². The number of aliphatic imine (C=N–C) groups is 1. The first-order chi connectivity index (χ1) is 15.7. The van der Waals surface area contributed by atoms with Gasteiger partial charge in [-0.3, -0.25) is 9.69 Å². The van der Waals surface area contributed by atoms with Gasteiger partial charge in [0.05, 0.1) is 19.8 Å². The normalized spacial score (nSPS) is 17.9. The van der Waals surface area contributed by atoms with Gasteiger partial charge >= 0.3 is 0 Å². The van der Waals surface area contributed by atoms with Crippen LogP contribution in [0.4, 0.5) is 0 Å². The number of para-hydroxylation sites is 1. The van der Waals surface area contributed by atoms with Gasteiger partial charge in [0.15, 0.2) is 5.96 Å². The van der Waals surface area contributed by atoms with Crippen LogP contribution in [0.25, 0.3) is 0 Å². The minimum Gasteiger partial charge on any atom is -0.492 e. The summed E-state index contributed by atoms with van der Waals surface area (Å²) in [5, 5.41) is 6.17. The van der Waals surface area contributed by atoms with Crippen molar-refractivity contribution < 1.29 is 14.3 Å². The lowest BCUT2D eigenvalue weighted by Gasteiger charge is -2.34. The van der Waals surface area contributed by atoms with Crippen molar-refractivity contribution in [2.45, 2.75) is 32.7 Å². The van der Waals surface area contributed by atoms with Crippen LogP contribution in [0.3, 0.4) is 0 Å². The maximum Gasteiger partial charge on any atom is 0.220 e. The van der Waals surface area contributed by atoms with Crippen molar-refractivity contribution in [2.75, 3.05) is 66.1 Å². The Bertz CT molecular complexity index is 735. The van der Waals surface area contributed by atoms with Gasteiger partial charge in [-0.25, -0.2) is 4.99 Å². The van der Waals surface area contributed by atoms with E-state index in [-0.39, 0.29) is 29.9 Å². The minimum atomic E-state index is 0. The second-order valence-electron chi connectivity index (χ2n) is 8.39. The number of nitrogens with zero attached hydrogens (tertiary/aromatic N) is 3. The molecule has 0 radical (unpaired) electrons. The zero-order valence-electron chi connectivity index (χ0n) is 20.1. The molecule has 0 unspecified atom stereocenters. The zero-order valence-corrected chi connectivity index (χ0v) is 22.4. The molecule has 2 saturated heterocycles. The second-order valence-corrected chi connectivity index (χ2v) is 8.39. The zero-order chi connectivity index (χ0) is 22.6. The summed E-state index contributed by atoms with van der Waals surface area (Å²) in [6.45, 7) is 10.5. The third kappa shape index (κ3) is 9.29. The van der Waals surface area contributed by atoms with E-state index in [0.717, 1.165) is 82.6 Å². The maximum absolute atomic E-state index is 11.7. The summed E-state index contributed by atoms with van der Waals surface area (Å²) >= 11 is 0. The number of guanidine groups is 1. The molecule has 2 fully saturated rings. The summed E-state index contributed by atoms with van der Waals surface area (Å²) in [5.41, 5.74) is 1.10. The number of hydrogen-bond acceptors (Lipinski definition) is 5. The molecule has 0 aliphatic carbocycles. The Balaban J connectivity index is 0.00000385. The van der Waals surface area contributed by atoms with Crippen molar-refractivity contribution in [3.8, 4) is 5.75 Å². The van der Waals surface area contributed by atoms with E-state index in [1.165, 1.54) is 0 Å². The van der Waals surface area contributed by atoms with Crippen molar-refractivity contribution in [2.24, 2.45) is 10.9 Å². The predicted octanol–water partition coefficient (Wildman–Crippen LogP) is 2.33. The van der Waals surface area contributed by atoms with Crippen LogP contribution in [0.5, 0.6) is 5.75 Å². The fourth-order valence-electron chi connectivity index (χ4n) is 4.18. The molecular formula is C24H40IN5O3. The van der Waals surface area contributed by atoms with Gasteiger partial charge in [0.2, 0.25) is 5.91 Å². The summed E-state index contributed by atoms with van der Waals surface area (Å²) in [6.07, 6.45) is 2.64. The van der Waals surface area contributed by atoms with Gasteiger partial charge in [-0.05, 0) is 31.7 Å². The van der Waals surface area contributed by atoms with E-state index in [1.807, 2.05) is 18.2 Å². The lowest BCUT2D eigenvalue weighted by atomic mass is 9.93. The number of nitrogens with one attached hydrogen (secondary N) is 2. The maximum atomic E-state index is 11.7. The third-order valence-electron chi connectivity index (χ3n) is 6.14. The topological polar surface area (TPSA) is 78.4 Å².